The van der Waals surface area contributed by atoms with Crippen LogP contribution in [0.4, 0.5) is 5.82 Å². The van der Waals surface area contributed by atoms with Gasteiger partial charge in [0.2, 0.25) is 5.91 Å². The number of aromatic nitrogens is 1. The zero-order chi connectivity index (χ0) is 50.6. The molecule has 369 valence electrons. The number of benzene rings is 5. The number of nitrogens with one attached hydrogen (secondary N) is 6. The summed E-state index contributed by atoms with van der Waals surface area (Å²) in [5.74, 6) is -3.22. The maximum atomic E-state index is 12.3. The van der Waals surface area contributed by atoms with Gasteiger partial charge < -0.3 is 46.9 Å². The second kappa shape index (κ2) is 32.1. The molecule has 1 heterocycles. The molecule has 0 fully saturated rings. The maximum absolute atomic E-state index is 12.3. The van der Waals surface area contributed by atoms with Crippen molar-refractivity contribution in [2.75, 3.05) is 32.9 Å². The number of hydrogen-bond acceptors (Lipinski definition) is 14. The van der Waals surface area contributed by atoms with Crippen LogP contribution in [-0.2, 0) is 47.5 Å². The van der Waals surface area contributed by atoms with Crippen LogP contribution < -0.4 is 68.9 Å². The summed E-state index contributed by atoms with van der Waals surface area (Å²) in [4.78, 5) is 62.5. The fourth-order valence-electron chi connectivity index (χ4n) is 6.31. The van der Waals surface area contributed by atoms with E-state index in [-0.39, 0.29) is 51.0 Å². The maximum Gasteiger partial charge on any atom is 4.00 e. The molecule has 0 aliphatic rings. The van der Waals surface area contributed by atoms with Gasteiger partial charge >= 0.3 is 20.1 Å². The van der Waals surface area contributed by atoms with Gasteiger partial charge in [0, 0.05) is 30.4 Å². The molecule has 0 bridgehead atoms. The molecule has 0 saturated carbocycles. The fraction of sp³-hybridized carbons (Fsp3) is 0.216. The number of hydrogen-bond donors (Lipinski definition) is 7. The minimum atomic E-state index is -1.43. The molecule has 1 aromatic heterocycles. The van der Waals surface area contributed by atoms with E-state index in [4.69, 9.17) is 11.3 Å². The molecule has 6 aromatic rings. The Hall–Kier alpha value is -6.92. The molecule has 20 heteroatoms. The third-order valence-corrected chi connectivity index (χ3v) is 12.7. The summed E-state index contributed by atoms with van der Waals surface area (Å²) < 4.78 is 0. The van der Waals surface area contributed by atoms with E-state index in [9.17, 15) is 44.4 Å². The zero-order valence-electron chi connectivity index (χ0n) is 38.5. The fourth-order valence-corrected chi connectivity index (χ4v) is 8.62. The minimum Gasteiger partial charge on any atom is -0.854 e. The van der Waals surface area contributed by atoms with Gasteiger partial charge in [0.15, 0.2) is 5.82 Å². The number of nitrogens with two attached hydrogens (primary N) is 1. The Labute approximate surface area is 426 Å². The number of nitrogens with zero attached hydrogens (tertiary/aromatic N) is 2. The van der Waals surface area contributed by atoms with E-state index in [0.717, 1.165) is 11.1 Å². The first kappa shape index (κ1) is 58.4. The standard InChI is InChI=1S/C26H28N8O4.C18H15P.C7H12NO5.Tc/c27-21(11-8-17-4-2-1-3-5-17)26(38)34-33-25(37)19-9-6-18(7-10-19)15-30-23(35)16-31-24(36)20-12-13-29-22(14-20)32-28;1-4-10-16(11-5-1)19(17-12-6-2-7-13-17)18-14-8-3-9-15-18;9-2-1-7(4-10,5-11)8-3-6(12)13;/h1-7,9-10,12-14,21,28H,8,11,15-16,27H2,(H,30,35)(H,31,36)(H,33,37)(H,34,38);1-15H;8H,1-5H2,(H,12,13);/q;;-3;+4/p-1/t21-;;;/m1.../s1. The van der Waals surface area contributed by atoms with Crippen LogP contribution in [0.2, 0.25) is 0 Å². The second-order valence-corrected chi connectivity index (χ2v) is 17.6. The van der Waals surface area contributed by atoms with Crippen molar-refractivity contribution in [3.63, 3.8) is 0 Å². The number of amides is 4. The third kappa shape index (κ3) is 20.5. The van der Waals surface area contributed by atoms with Crippen molar-refractivity contribution in [1.29, 1.82) is 5.53 Å². The van der Waals surface area contributed by atoms with E-state index in [2.05, 4.69) is 128 Å². The number of carboxylic acid groups (broad SMARTS) is 1. The van der Waals surface area contributed by atoms with Crippen molar-refractivity contribution < 1.29 is 64.5 Å². The first-order chi connectivity index (χ1) is 33.9. The molecule has 18 nitrogen and oxygen atoms in total. The summed E-state index contributed by atoms with van der Waals surface area (Å²) in [6.45, 7) is -2.82. The molecule has 0 aliphatic heterocycles. The molecular formula is C51H54N9O9PTc. The summed E-state index contributed by atoms with van der Waals surface area (Å²) in [6.07, 6.45) is 2.26. The Morgan fingerprint density at radius 1 is 0.662 bits per heavy atom. The number of pyridine rings is 1. The van der Waals surface area contributed by atoms with Crippen molar-refractivity contribution in [1.82, 2.24) is 31.8 Å². The Balaban J connectivity index is 0.000000333. The number of carbonyl (C=O) groups excluding carboxylic acids is 5. The van der Waals surface area contributed by atoms with Crippen LogP contribution in [0.25, 0.3) is 0 Å². The van der Waals surface area contributed by atoms with E-state index in [0.29, 0.717) is 18.4 Å². The van der Waals surface area contributed by atoms with Gasteiger partial charge in [-0.2, -0.15) is 0 Å². The van der Waals surface area contributed by atoms with Crippen molar-refractivity contribution in [3.8, 4) is 0 Å². The van der Waals surface area contributed by atoms with Crippen LogP contribution in [-0.4, -0.2) is 79.1 Å². The van der Waals surface area contributed by atoms with Gasteiger partial charge in [0.25, 0.3) is 17.7 Å². The first-order valence-corrected chi connectivity index (χ1v) is 23.3. The van der Waals surface area contributed by atoms with E-state index in [1.807, 2.05) is 30.3 Å². The Kier molecular flexibility index (Phi) is 26.4. The van der Waals surface area contributed by atoms with Gasteiger partial charge in [-0.15, -0.1) is 24.9 Å². The van der Waals surface area contributed by atoms with E-state index < -0.39 is 75.5 Å². The van der Waals surface area contributed by atoms with Crippen LogP contribution in [0.1, 0.15) is 44.7 Å². The summed E-state index contributed by atoms with van der Waals surface area (Å²) in [5, 5.41) is 56.1. The molecule has 5 aromatic carbocycles. The van der Waals surface area contributed by atoms with Crippen LogP contribution in [0.3, 0.4) is 0 Å². The summed E-state index contributed by atoms with van der Waals surface area (Å²) in [5.41, 5.74) is 18.4. The van der Waals surface area contributed by atoms with E-state index in [1.54, 1.807) is 24.3 Å². The summed E-state index contributed by atoms with van der Waals surface area (Å²) in [7, 11) is -0.446. The topological polar surface area (TPSA) is 313 Å². The molecule has 0 spiro atoms. The van der Waals surface area contributed by atoms with E-state index in [1.165, 1.54) is 34.2 Å². The van der Waals surface area contributed by atoms with Gasteiger partial charge in [-0.25, -0.2) is 10.5 Å². The number of carboxylic acids is 1. The molecule has 4 amide bonds. The molecule has 0 unspecified atom stereocenters. The zero-order valence-corrected chi connectivity index (χ0v) is 41.3. The number of aliphatic carboxylic acids is 1. The number of aryl methyl sites for hydroxylation is 1. The average molecular weight is 1070 g/mol. The molecule has 6 rings (SSSR count). The van der Waals surface area contributed by atoms with Gasteiger partial charge in [0.05, 0.1) is 18.6 Å². The predicted molar refractivity (Wildman–Crippen MR) is 258 cm³/mol. The largest absolute Gasteiger partial charge is 4.00 e. The molecule has 0 saturated heterocycles. The van der Waals surface area contributed by atoms with Crippen molar-refractivity contribution in [2.24, 2.45) is 10.8 Å². The number of rotatable bonds is 21. The van der Waals surface area contributed by atoms with Gasteiger partial charge in [-0.05, 0) is 77.6 Å². The number of carbonyl (C=O) groups is 5. The SMILES string of the molecule is N=Nc1cc(C(=O)NCC(=O)NCc2ccc(C(=O)NNC(=O)[C@H](N)CCc3ccccc3)cc2)ccn1.O=C([O-])CNC(C[O-])(C[O-])CC[O-].[Tc+4].c1ccc(P(c2ccccc2)c2ccccc2)cc1. The molecule has 1 radical (unpaired) electrons. The van der Waals surface area contributed by atoms with Gasteiger partial charge in [0.1, 0.15) is 0 Å². The molecule has 0 aliphatic carbocycles. The van der Waals surface area contributed by atoms with Crippen molar-refractivity contribution in [2.45, 2.75) is 37.4 Å². The van der Waals surface area contributed by atoms with Crippen LogP contribution in [0.15, 0.2) is 169 Å². The quantitative estimate of drug-likeness (QED) is 0.0273. The summed E-state index contributed by atoms with van der Waals surface area (Å²) >= 11 is 0. The van der Waals surface area contributed by atoms with Crippen LogP contribution >= 0.6 is 7.92 Å². The minimum absolute atomic E-state index is 0. The Bertz CT molecular complexity index is 2460. The first-order valence-electron chi connectivity index (χ1n) is 21.9. The average Bonchev–Trinajstić information content (AvgIpc) is 3.41. The molecule has 1 atom stereocenters. The Morgan fingerprint density at radius 3 is 1.69 bits per heavy atom. The molecule has 71 heavy (non-hydrogen) atoms. The Morgan fingerprint density at radius 2 is 1.20 bits per heavy atom. The van der Waals surface area contributed by atoms with Crippen molar-refractivity contribution in [3.05, 3.63) is 186 Å². The monoisotopic (exact) mass is 1060 g/mol. The van der Waals surface area contributed by atoms with Crippen molar-refractivity contribution >= 4 is 59.3 Å². The van der Waals surface area contributed by atoms with E-state index >= 15 is 0 Å². The molecular weight excluding hydrogens is 1010 g/mol. The smallest absolute Gasteiger partial charge is 0.854 e. The normalized spacial score (nSPS) is 10.9. The predicted octanol–water partition coefficient (Wildman–Crippen LogP) is -0.511. The second-order valence-electron chi connectivity index (χ2n) is 15.3. The third-order valence-electron chi connectivity index (χ3n) is 10.2. The van der Waals surface area contributed by atoms with Crippen LogP contribution in [0, 0.1) is 5.53 Å². The molecule has 8 N–H and O–H groups in total. The van der Waals surface area contributed by atoms with Crippen LogP contribution in [0.5, 0.6) is 0 Å². The van der Waals surface area contributed by atoms with Gasteiger partial charge in [-0.3, -0.25) is 30.0 Å². The number of hydrazine groups is 1. The summed E-state index contributed by atoms with van der Waals surface area (Å²) in [6, 6.07) is 50.4. The van der Waals surface area contributed by atoms with Gasteiger partial charge in [-0.1, -0.05) is 140 Å².